The van der Waals surface area contributed by atoms with E-state index in [1.54, 1.807) is 0 Å². The van der Waals surface area contributed by atoms with Crippen LogP contribution in [-0.4, -0.2) is 5.11 Å². The van der Waals surface area contributed by atoms with E-state index in [-0.39, 0.29) is 6.61 Å². The molecule has 168 valence electrons. The third-order valence-electron chi connectivity index (χ3n) is 6.13. The molecule has 0 saturated heterocycles. The molecule has 0 spiro atoms. The average molecular weight is 466 g/mol. The van der Waals surface area contributed by atoms with Gasteiger partial charge in [-0.15, -0.1) is 0 Å². The molecule has 0 aliphatic carbocycles. The van der Waals surface area contributed by atoms with Gasteiger partial charge in [0.25, 0.3) is 0 Å². The fourth-order valence-corrected chi connectivity index (χ4v) is 5.71. The molecule has 1 heterocycles. The van der Waals surface area contributed by atoms with Crippen molar-refractivity contribution < 1.29 is 18.0 Å². The molecule has 34 heavy (non-hydrogen) atoms. The van der Waals surface area contributed by atoms with Crippen LogP contribution < -0.4 is 4.52 Å². The van der Waals surface area contributed by atoms with Crippen LogP contribution in [0, 0.1) is 13.8 Å². The van der Waals surface area contributed by atoms with Gasteiger partial charge < -0.3 is 18.0 Å². The summed E-state index contributed by atoms with van der Waals surface area (Å²) in [5, 5.41) is 16.1. The molecule has 4 nitrogen and oxygen atoms in total. The first kappa shape index (κ1) is 20.9. The second-order valence-electron chi connectivity index (χ2n) is 8.60. The van der Waals surface area contributed by atoms with Crippen molar-refractivity contribution in [1.82, 2.24) is 0 Å². The zero-order valence-corrected chi connectivity index (χ0v) is 19.8. The fraction of sp³-hybridized carbons (Fsp3) is 0.103. The van der Waals surface area contributed by atoms with Gasteiger partial charge in [-0.1, -0.05) is 60.2 Å². The molecular weight excluding hydrogens is 443 g/mol. The van der Waals surface area contributed by atoms with E-state index in [1.807, 2.05) is 49.4 Å². The Morgan fingerprint density at radius 3 is 2.09 bits per heavy atom. The van der Waals surface area contributed by atoms with Gasteiger partial charge >= 0.3 is 8.24 Å². The van der Waals surface area contributed by atoms with E-state index < -0.39 is 8.24 Å². The van der Waals surface area contributed by atoms with Gasteiger partial charge in [0, 0.05) is 27.1 Å². The predicted molar refractivity (Wildman–Crippen MR) is 139 cm³/mol. The molecule has 1 atom stereocenters. The van der Waals surface area contributed by atoms with E-state index in [4.69, 9.17) is 12.9 Å². The van der Waals surface area contributed by atoms with Gasteiger partial charge in [0.15, 0.2) is 11.3 Å². The molecule has 0 fully saturated rings. The minimum absolute atomic E-state index is 0.133. The second kappa shape index (κ2) is 8.25. The standard InChI is InChI=1S/C29H23O4P/c1-18-11-12-27-25(14-18)26-15-19(2)13-22(17-30)28(26)32-34(31-27)33-29-23-9-5-3-7-20(23)16-21-8-4-6-10-24(21)29/h3-16,30H,17H2,1-2H3. The molecule has 0 aliphatic heterocycles. The summed E-state index contributed by atoms with van der Waals surface area (Å²) in [7, 11) is -1.85. The van der Waals surface area contributed by atoms with Gasteiger partial charge in [-0.3, -0.25) is 0 Å². The number of rotatable bonds is 3. The summed E-state index contributed by atoms with van der Waals surface area (Å²) in [6.45, 7) is 3.93. The summed E-state index contributed by atoms with van der Waals surface area (Å²) in [6.07, 6.45) is 0. The van der Waals surface area contributed by atoms with Crippen LogP contribution in [0.15, 0.2) is 93.3 Å². The lowest BCUT2D eigenvalue weighted by Crippen LogP contribution is -1.88. The summed E-state index contributed by atoms with van der Waals surface area (Å²) in [4.78, 5) is 0. The second-order valence-corrected chi connectivity index (χ2v) is 9.60. The quantitative estimate of drug-likeness (QED) is 0.266. The van der Waals surface area contributed by atoms with Gasteiger partial charge in [-0.25, -0.2) is 0 Å². The monoisotopic (exact) mass is 466 g/mol. The van der Waals surface area contributed by atoms with Crippen molar-refractivity contribution in [3.63, 3.8) is 0 Å². The van der Waals surface area contributed by atoms with E-state index >= 15 is 0 Å². The minimum atomic E-state index is -1.85. The SMILES string of the molecule is Cc1ccc2op(Oc3c4ccccc4cc4ccccc34)oc3c(CO)cc(C)cc3c2c1. The number of aryl methyl sites for hydroxylation is 2. The highest BCUT2D eigenvalue weighted by molar-refractivity contribution is 7.32. The van der Waals surface area contributed by atoms with Crippen molar-refractivity contribution >= 4 is 51.7 Å². The molecule has 5 aromatic carbocycles. The number of aliphatic hydroxyl groups is 1. The smallest absolute Gasteiger partial charge is 0.392 e. The van der Waals surface area contributed by atoms with Crippen LogP contribution >= 0.6 is 8.24 Å². The van der Waals surface area contributed by atoms with Gasteiger partial charge in [0.1, 0.15) is 5.58 Å². The lowest BCUT2D eigenvalue weighted by molar-refractivity contribution is 0.282. The number of fused-ring (bicyclic) bond motifs is 5. The predicted octanol–water partition coefficient (Wildman–Crippen LogP) is 8.55. The van der Waals surface area contributed by atoms with Crippen LogP contribution in [0.3, 0.4) is 0 Å². The van der Waals surface area contributed by atoms with Gasteiger partial charge in [-0.2, -0.15) is 0 Å². The zero-order valence-electron chi connectivity index (χ0n) is 18.9. The molecule has 5 heteroatoms. The Hall–Kier alpha value is -3.72. The maximum atomic E-state index is 10.1. The molecule has 0 bridgehead atoms. The van der Waals surface area contributed by atoms with Crippen LogP contribution in [0.5, 0.6) is 5.75 Å². The van der Waals surface area contributed by atoms with Crippen LogP contribution in [0.4, 0.5) is 0 Å². The third kappa shape index (κ3) is 3.52. The Balaban J connectivity index is 1.70. The first-order chi connectivity index (χ1) is 16.6. The van der Waals surface area contributed by atoms with Crippen molar-refractivity contribution in [2.75, 3.05) is 0 Å². The van der Waals surface area contributed by atoms with Crippen LogP contribution in [0.2, 0.25) is 0 Å². The average Bonchev–Trinajstić information content (AvgIpc) is 3.00. The van der Waals surface area contributed by atoms with Crippen molar-refractivity contribution in [3.8, 4) is 5.75 Å². The first-order valence-electron chi connectivity index (χ1n) is 11.2. The summed E-state index contributed by atoms with van der Waals surface area (Å²) >= 11 is 0. The zero-order chi connectivity index (χ0) is 23.2. The maximum Gasteiger partial charge on any atom is 0.453 e. The molecule has 1 N–H and O–H groups in total. The van der Waals surface area contributed by atoms with Crippen LogP contribution in [0.25, 0.3) is 43.5 Å². The molecule has 0 aliphatic rings. The van der Waals surface area contributed by atoms with Crippen molar-refractivity contribution in [2.45, 2.75) is 20.5 Å². The van der Waals surface area contributed by atoms with Crippen LogP contribution in [0.1, 0.15) is 16.7 Å². The number of hydrogen-bond donors (Lipinski definition) is 1. The molecular formula is C29H23O4P. The lowest BCUT2D eigenvalue weighted by atomic mass is 10.0. The first-order valence-corrected chi connectivity index (χ1v) is 12.3. The largest absolute Gasteiger partial charge is 0.453 e. The molecule has 0 saturated carbocycles. The van der Waals surface area contributed by atoms with E-state index in [0.717, 1.165) is 49.2 Å². The van der Waals surface area contributed by atoms with Crippen LogP contribution in [-0.2, 0) is 6.61 Å². The molecule has 6 rings (SSSR count). The highest BCUT2D eigenvalue weighted by atomic mass is 31.1. The third-order valence-corrected chi connectivity index (χ3v) is 7.14. The summed E-state index contributed by atoms with van der Waals surface area (Å²) in [5.41, 5.74) is 4.19. The van der Waals surface area contributed by atoms with Gasteiger partial charge in [0.2, 0.25) is 0 Å². The highest BCUT2D eigenvalue weighted by Gasteiger charge is 2.16. The molecule has 0 radical (unpaired) electrons. The Kier molecular flexibility index (Phi) is 5.06. The van der Waals surface area contributed by atoms with E-state index in [1.165, 1.54) is 0 Å². The summed E-state index contributed by atoms with van der Waals surface area (Å²) in [6, 6.07) is 28.6. The van der Waals surface area contributed by atoms with Gasteiger partial charge in [0.05, 0.1) is 6.61 Å². The Bertz CT molecular complexity index is 1700. The number of hydrogen-bond acceptors (Lipinski definition) is 4. The summed E-state index contributed by atoms with van der Waals surface area (Å²) < 4.78 is 19.4. The number of benzene rings is 5. The normalized spacial score (nSPS) is 12.0. The van der Waals surface area contributed by atoms with Crippen molar-refractivity contribution in [1.29, 1.82) is 0 Å². The maximum absolute atomic E-state index is 10.1. The lowest BCUT2D eigenvalue weighted by Gasteiger charge is -2.10. The fourth-order valence-electron chi connectivity index (χ4n) is 4.56. The van der Waals surface area contributed by atoms with Gasteiger partial charge in [-0.05, 0) is 60.5 Å². The minimum Gasteiger partial charge on any atom is -0.392 e. The summed E-state index contributed by atoms with van der Waals surface area (Å²) in [5.74, 6) is 0.731. The number of aliphatic hydroxyl groups excluding tert-OH is 1. The Labute approximate surface area is 197 Å². The van der Waals surface area contributed by atoms with E-state index in [9.17, 15) is 5.11 Å². The highest BCUT2D eigenvalue weighted by Crippen LogP contribution is 2.43. The Morgan fingerprint density at radius 2 is 1.38 bits per heavy atom. The molecule has 1 unspecified atom stereocenters. The molecule has 6 aromatic rings. The topological polar surface area (TPSA) is 55.7 Å². The van der Waals surface area contributed by atoms with E-state index in [2.05, 4.69) is 49.4 Å². The Morgan fingerprint density at radius 1 is 0.706 bits per heavy atom. The molecule has 0 amide bonds. The van der Waals surface area contributed by atoms with Crippen molar-refractivity contribution in [2.24, 2.45) is 0 Å². The van der Waals surface area contributed by atoms with E-state index in [0.29, 0.717) is 16.7 Å². The molecule has 1 aromatic heterocycles. The van der Waals surface area contributed by atoms with Crippen molar-refractivity contribution in [3.05, 3.63) is 102 Å².